The number of carboxylic acids is 2. The number of aliphatic carboxylic acids is 2. The van der Waals surface area contributed by atoms with E-state index in [1.165, 1.54) is 24.3 Å². The summed E-state index contributed by atoms with van der Waals surface area (Å²) in [5, 5.41) is 92.0. The van der Waals surface area contributed by atoms with Crippen molar-refractivity contribution in [1.29, 1.82) is 0 Å². The number of benzene rings is 6. The number of hydrogen-bond acceptors (Lipinski definition) is 34. The van der Waals surface area contributed by atoms with Crippen LogP contribution in [0.4, 0.5) is 22.7 Å². The summed E-state index contributed by atoms with van der Waals surface area (Å²) in [4.78, 5) is 26.5. The summed E-state index contributed by atoms with van der Waals surface area (Å²) in [6.45, 7) is 18.3. The Morgan fingerprint density at radius 1 is 0.446 bits per heavy atom. The first kappa shape index (κ1) is 138. The van der Waals surface area contributed by atoms with Gasteiger partial charge in [-0.25, -0.2) is 33.7 Å². The minimum atomic E-state index is -4.73. The minimum absolute atomic E-state index is 0. The zero-order chi connectivity index (χ0) is 104. The van der Waals surface area contributed by atoms with Crippen LogP contribution in [0.1, 0.15) is 223 Å². The van der Waals surface area contributed by atoms with Crippen LogP contribution < -0.4 is 214 Å². The third kappa shape index (κ3) is 39.8. The van der Waals surface area contributed by atoms with E-state index >= 15 is 0 Å². The molecule has 4 N–H and O–H groups in total. The predicted molar refractivity (Wildman–Crippen MR) is 531 cm³/mol. The number of anilines is 2. The van der Waals surface area contributed by atoms with Gasteiger partial charge in [-0.2, -0.15) is 26.5 Å². The van der Waals surface area contributed by atoms with Crippen molar-refractivity contribution >= 4 is 165 Å². The molecule has 6 aliphatic rings. The van der Waals surface area contributed by atoms with E-state index < -0.39 is 92.7 Å². The van der Waals surface area contributed by atoms with Crippen molar-refractivity contribution in [2.75, 3.05) is 59.0 Å². The van der Waals surface area contributed by atoms with Gasteiger partial charge < -0.3 is 69.3 Å². The molecule has 2 aliphatic carbocycles. The number of hydrogen-bond donors (Lipinski definition) is 4. The number of unbranched alkanes of at least 4 members (excludes halogenated alkanes) is 6. The molecule has 0 aromatic heterocycles. The van der Waals surface area contributed by atoms with E-state index in [1.807, 2.05) is 94.5 Å². The van der Waals surface area contributed by atoms with Crippen LogP contribution in [-0.4, -0.2) is 161 Å². The van der Waals surface area contributed by atoms with Gasteiger partial charge in [0.25, 0.3) is 0 Å². The Morgan fingerprint density at radius 3 is 1.28 bits per heavy atom. The predicted octanol–water partition coefficient (Wildman–Crippen LogP) is -4.02. The fraction of sp³-hybridized carbons (Fsp3) is 0.429. The normalized spacial score (nSPS) is 17.0. The van der Waals surface area contributed by atoms with Gasteiger partial charge in [-0.05, 0) is 277 Å². The van der Waals surface area contributed by atoms with E-state index in [-0.39, 0.29) is 213 Å². The van der Waals surface area contributed by atoms with E-state index in [4.69, 9.17) is 26.8 Å². The van der Waals surface area contributed by atoms with Gasteiger partial charge in [0, 0.05) is 170 Å². The standard InChI is InChI=1S/C49H60N2O14S4.C38H47ClN2O12S4.C11H15BO4.6Na/c1-48(2)40-32-38(67-65-63-55)21-23-42(40)51(28-8-10-30-68(56,57)58)44(48)25-19-35-15-12-16-36(47(35)37-17-11-14-34(31-37)13-5-6-18-46(52)53)20-26-45-49(3,4)41-33-39(69(59,60)61)22-24-43(41)50(45)27-7-9-29-66-64-62-54;1-37(2)30-24-28(55-53-51-43)14-16-32(30)41(21-6-8-23-56(44,45)46)34(37)18-12-26-10-9-11-27(36(26)39)13-19-35-38(3,4)31-25-29(57(47,48)49)15-17-33(31)40(35)20-5-7-22-54-52-50-42;13-11(14)7-2-1-4-9-5-3-6-10(8-9)12(15)16;;;;;;/h11,14,17,19-26,31-33H,5-10,12-13,15-16,18,27-30H2,1-4H3,(H4-,52,53,54,55,56,57,58,59,60,61);12-19,24-25H,5-11,20-23H2,1-4H3,(H3-,42,43,44,45,46,47,48,49);3,5-6,8,15-16H,1-2,4,7H2,(H,13,14);;;;;;/q;;;6*+1/p-6. The van der Waals surface area contributed by atoms with Gasteiger partial charge in [-0.1, -0.05) is 112 Å². The third-order valence-electron chi connectivity index (χ3n) is 25.7. The largest absolute Gasteiger partial charge is 1.00 e. The molecule has 12 rings (SSSR count). The molecule has 0 bridgehead atoms. The van der Waals surface area contributed by atoms with E-state index in [0.29, 0.717) is 133 Å². The van der Waals surface area contributed by atoms with Crippen LogP contribution in [0.3, 0.4) is 0 Å². The topological polar surface area (TPSA) is 522 Å². The molecular formula is C98H116BClN4Na6O30S8. The third-order valence-corrected chi connectivity index (χ3v) is 31.8. The van der Waals surface area contributed by atoms with Gasteiger partial charge in [0.1, 0.15) is 33.3 Å². The second kappa shape index (κ2) is 65.0. The van der Waals surface area contributed by atoms with Crippen molar-refractivity contribution < 1.29 is 327 Å². The maximum Gasteiger partial charge on any atom is 1.00 e. The number of carboxylic acid groups (broad SMARTS) is 2. The molecule has 772 valence electrons. The fourth-order valence-electron chi connectivity index (χ4n) is 18.7. The maximum atomic E-state index is 12.2. The molecule has 4 heterocycles. The molecule has 0 saturated carbocycles. The molecule has 0 spiro atoms. The molecule has 0 fully saturated rings. The van der Waals surface area contributed by atoms with Gasteiger partial charge in [-0.3, -0.25) is 29.7 Å². The van der Waals surface area contributed by atoms with E-state index in [2.05, 4.69) is 121 Å². The van der Waals surface area contributed by atoms with Gasteiger partial charge in [0.15, 0.2) is 11.4 Å². The first-order valence-electron chi connectivity index (χ1n) is 46.2. The Morgan fingerprint density at radius 2 is 0.858 bits per heavy atom. The number of fused-ring (bicyclic) bond motifs is 4. The quantitative estimate of drug-likeness (QED) is 0.00537. The molecule has 0 unspecified atom stereocenters. The summed E-state index contributed by atoms with van der Waals surface area (Å²) < 4.78 is 163. The van der Waals surface area contributed by atoms with Gasteiger partial charge in [0.05, 0.1) is 64.9 Å². The maximum absolute atomic E-state index is 12.2. The van der Waals surface area contributed by atoms with Crippen molar-refractivity contribution in [3.8, 4) is 0 Å². The number of aryl methyl sites for hydroxylation is 2. The van der Waals surface area contributed by atoms with E-state index in [0.717, 1.165) is 201 Å². The fourth-order valence-corrected chi connectivity index (χ4v) is 22.8. The van der Waals surface area contributed by atoms with Crippen LogP contribution in [0.15, 0.2) is 228 Å². The Hall–Kier alpha value is -2.05. The molecule has 6 aromatic carbocycles. The van der Waals surface area contributed by atoms with Crippen LogP contribution in [0, 0.1) is 0 Å². The number of allylic oxidation sites excluding steroid dienone is 16. The zero-order valence-corrected chi connectivity index (χ0v) is 105. The summed E-state index contributed by atoms with van der Waals surface area (Å²) in [5.41, 5.74) is 16.4. The number of rotatable bonds is 50. The second-order valence-electron chi connectivity index (χ2n) is 36.8. The average Bonchev–Trinajstić information content (AvgIpc) is 1.61. The van der Waals surface area contributed by atoms with Crippen LogP contribution in [-0.2, 0) is 122 Å². The number of carbonyl (C=O) groups is 2. The van der Waals surface area contributed by atoms with Crippen molar-refractivity contribution in [1.82, 2.24) is 0 Å². The van der Waals surface area contributed by atoms with Crippen LogP contribution >= 0.6 is 59.8 Å². The molecule has 0 saturated heterocycles. The van der Waals surface area contributed by atoms with Crippen molar-refractivity contribution in [3.63, 3.8) is 0 Å². The number of nitrogens with zero attached hydrogens (tertiary/aromatic N) is 4. The van der Waals surface area contributed by atoms with Gasteiger partial charge in [-0.15, -0.1) is 0 Å². The molecule has 4 aliphatic heterocycles. The van der Waals surface area contributed by atoms with Gasteiger partial charge in [0.2, 0.25) is 11.4 Å². The minimum Gasteiger partial charge on any atom is -0.748 e. The Kier molecular flexibility index (Phi) is 60.7. The monoisotopic (exact) mass is 2270 g/mol. The summed E-state index contributed by atoms with van der Waals surface area (Å²) >= 11 is 10.6. The first-order chi connectivity index (χ1) is 67.2. The Balaban J connectivity index is 0.000000522. The molecule has 6 aromatic rings. The van der Waals surface area contributed by atoms with Crippen LogP contribution in [0.2, 0.25) is 0 Å². The molecule has 34 nitrogen and oxygen atoms in total. The summed E-state index contributed by atoms with van der Waals surface area (Å²) in [5.74, 6) is -1.50. The summed E-state index contributed by atoms with van der Waals surface area (Å²) in [6.07, 6.45) is 29.6. The second-order valence-corrected chi connectivity index (χ2v) is 46.1. The van der Waals surface area contributed by atoms with Gasteiger partial charge >= 0.3 is 196 Å². The van der Waals surface area contributed by atoms with E-state index in [1.54, 1.807) is 42.5 Å². The van der Waals surface area contributed by atoms with E-state index in [9.17, 15) is 87.6 Å². The summed E-state index contributed by atoms with van der Waals surface area (Å²) in [6, 6.07) is 35.5. The molecule has 50 heteroatoms. The number of halogens is 1. The molecular weight excluding hydrogens is 2150 g/mol. The summed E-state index contributed by atoms with van der Waals surface area (Å²) in [7, 11) is -19.6. The Labute approximate surface area is 1020 Å². The molecule has 0 atom stereocenters. The average molecular weight is 2270 g/mol. The molecule has 0 radical (unpaired) electrons. The first-order valence-corrected chi connectivity index (χ1v) is 55.8. The molecule has 0 amide bonds. The smallest absolute Gasteiger partial charge is 0.748 e. The van der Waals surface area contributed by atoms with Crippen LogP contribution in [0.5, 0.6) is 0 Å². The van der Waals surface area contributed by atoms with Crippen molar-refractivity contribution in [2.24, 2.45) is 0 Å². The van der Waals surface area contributed by atoms with Crippen molar-refractivity contribution in [2.45, 2.75) is 238 Å². The van der Waals surface area contributed by atoms with Crippen molar-refractivity contribution in [3.05, 3.63) is 248 Å². The SMILES string of the molecule is CC1(C)C(/C=C/C2=C(Cl)C(=C/C=C3/N(CCCCSOO[O-])c4ccc(S(=O)(=O)[O-])cc4C3(C)C)/CCC2)=[N+](CCCCS(=O)(=O)[O-])c2ccc(SOO[O-])cc21.CC1(C)C(/C=C/C2=C(c3cccc(CCCCC(=O)O)c3)C(=C/C=C3/N(CCCCSOO[O-])c4ccc(S(=O)(=O)[O-])cc4C3(C)C)/CCC2)=[N+](CCCCS(=O)(=O)[O-])c2ccc(SOO[O-])cc21.O=C(O)CCCCc1cccc(B(O)O)c1.[Na+].[Na+].[Na+].[Na+].[Na+].[Na+]. The molecule has 148 heavy (non-hydrogen) atoms. The zero-order valence-electron chi connectivity index (χ0n) is 85.8. The van der Waals surface area contributed by atoms with Crippen LogP contribution in [0.25, 0.3) is 5.57 Å². The Bertz CT molecular complexity index is 6350.